The number of hydrogen-bond donors (Lipinski definition) is 1. The van der Waals surface area contributed by atoms with Crippen molar-refractivity contribution in [1.82, 2.24) is 10.3 Å². The van der Waals surface area contributed by atoms with Crippen LogP contribution >= 0.6 is 0 Å². The molecule has 7 heteroatoms. The monoisotopic (exact) mass is 321 g/mol. The molecule has 5 nitrogen and oxygen atoms in total. The lowest BCUT2D eigenvalue weighted by atomic mass is 9.77. The predicted octanol–water partition coefficient (Wildman–Crippen LogP) is 2.80. The molecule has 2 fully saturated rings. The minimum atomic E-state index is -0.887. The molecule has 1 saturated heterocycles. The summed E-state index contributed by atoms with van der Waals surface area (Å²) in [6.07, 6.45) is 3.92. The van der Waals surface area contributed by atoms with E-state index in [0.29, 0.717) is 18.8 Å². The van der Waals surface area contributed by atoms with Crippen molar-refractivity contribution in [2.24, 2.45) is 11.0 Å². The van der Waals surface area contributed by atoms with Gasteiger partial charge in [0.05, 0.1) is 6.21 Å². The van der Waals surface area contributed by atoms with Crippen LogP contribution in [-0.2, 0) is 4.79 Å². The Morgan fingerprint density at radius 2 is 2.00 bits per heavy atom. The van der Waals surface area contributed by atoms with Crippen molar-refractivity contribution < 1.29 is 18.4 Å². The number of amides is 3. The van der Waals surface area contributed by atoms with Gasteiger partial charge in [-0.2, -0.15) is 5.10 Å². The standard InChI is InChI=1S/C16H17F2N3O2/c1-10-4-6-16(7-5-10)14(22)21(15(23)20-16)19-9-11-2-3-12(17)8-13(11)18/h2-3,8-10H,4-7H2,1H3,(H,20,23)/b19-9+. The normalized spacial score (nSPS) is 28.0. The number of hydrazone groups is 1. The van der Waals surface area contributed by atoms with E-state index >= 15 is 0 Å². The van der Waals surface area contributed by atoms with Crippen LogP contribution in [0, 0.1) is 17.6 Å². The summed E-state index contributed by atoms with van der Waals surface area (Å²) in [5.41, 5.74) is -0.882. The van der Waals surface area contributed by atoms with Crippen LogP contribution in [0.2, 0.25) is 0 Å². The average Bonchev–Trinajstić information content (AvgIpc) is 2.73. The number of nitrogens with zero attached hydrogens (tertiary/aromatic N) is 2. The van der Waals surface area contributed by atoms with Gasteiger partial charge in [-0.1, -0.05) is 6.92 Å². The van der Waals surface area contributed by atoms with Crippen LogP contribution in [0.4, 0.5) is 13.6 Å². The van der Waals surface area contributed by atoms with Gasteiger partial charge in [0.15, 0.2) is 0 Å². The molecule has 1 aromatic carbocycles. The fourth-order valence-electron chi connectivity index (χ4n) is 3.03. The van der Waals surface area contributed by atoms with Crippen LogP contribution in [-0.4, -0.2) is 28.7 Å². The Morgan fingerprint density at radius 1 is 1.30 bits per heavy atom. The van der Waals surface area contributed by atoms with Crippen LogP contribution in [0.1, 0.15) is 38.2 Å². The first-order valence-corrected chi connectivity index (χ1v) is 7.57. The Kier molecular flexibility index (Phi) is 3.87. The SMILES string of the molecule is CC1CCC2(CC1)NC(=O)N(/N=C/c1ccc(F)cc1F)C2=O. The minimum Gasteiger partial charge on any atom is -0.321 e. The molecule has 23 heavy (non-hydrogen) atoms. The zero-order chi connectivity index (χ0) is 16.6. The Balaban J connectivity index is 1.79. The Morgan fingerprint density at radius 3 is 2.65 bits per heavy atom. The van der Waals surface area contributed by atoms with Crippen LogP contribution < -0.4 is 5.32 Å². The summed E-state index contributed by atoms with van der Waals surface area (Å²) in [6, 6.07) is 2.39. The van der Waals surface area contributed by atoms with Crippen molar-refractivity contribution in [3.63, 3.8) is 0 Å². The Bertz CT molecular complexity index is 682. The van der Waals surface area contributed by atoms with Crippen molar-refractivity contribution in [1.29, 1.82) is 0 Å². The van der Waals surface area contributed by atoms with Gasteiger partial charge in [-0.3, -0.25) is 4.79 Å². The minimum absolute atomic E-state index is 0.00483. The second-order valence-electron chi connectivity index (χ2n) is 6.22. The molecule has 1 heterocycles. The summed E-state index contributed by atoms with van der Waals surface area (Å²) in [5, 5.41) is 7.25. The van der Waals surface area contributed by atoms with Crippen molar-refractivity contribution >= 4 is 18.2 Å². The van der Waals surface area contributed by atoms with Gasteiger partial charge < -0.3 is 5.32 Å². The first kappa shape index (κ1) is 15.6. The van der Waals surface area contributed by atoms with E-state index in [1.54, 1.807) is 0 Å². The lowest BCUT2D eigenvalue weighted by Crippen LogP contribution is -2.49. The lowest BCUT2D eigenvalue weighted by molar-refractivity contribution is -0.132. The van der Waals surface area contributed by atoms with Crippen molar-refractivity contribution in [2.45, 2.75) is 38.1 Å². The van der Waals surface area contributed by atoms with E-state index in [9.17, 15) is 18.4 Å². The third kappa shape index (κ3) is 2.83. The van der Waals surface area contributed by atoms with Crippen molar-refractivity contribution in [3.8, 4) is 0 Å². The summed E-state index contributed by atoms with van der Waals surface area (Å²) in [6.45, 7) is 2.11. The van der Waals surface area contributed by atoms with E-state index in [2.05, 4.69) is 17.3 Å². The van der Waals surface area contributed by atoms with Crippen LogP contribution in [0.3, 0.4) is 0 Å². The smallest absolute Gasteiger partial charge is 0.321 e. The van der Waals surface area contributed by atoms with Gasteiger partial charge in [0.2, 0.25) is 0 Å². The van der Waals surface area contributed by atoms with Gasteiger partial charge >= 0.3 is 6.03 Å². The molecule has 1 spiro atoms. The zero-order valence-electron chi connectivity index (χ0n) is 12.7. The van der Waals surface area contributed by atoms with Crippen molar-refractivity contribution in [2.75, 3.05) is 0 Å². The Labute approximate surface area is 132 Å². The van der Waals surface area contributed by atoms with E-state index < -0.39 is 29.1 Å². The molecular weight excluding hydrogens is 304 g/mol. The number of nitrogens with one attached hydrogen (secondary N) is 1. The summed E-state index contributed by atoms with van der Waals surface area (Å²) in [7, 11) is 0. The maximum absolute atomic E-state index is 13.6. The molecule has 1 saturated carbocycles. The molecule has 0 atom stereocenters. The molecule has 3 rings (SSSR count). The topological polar surface area (TPSA) is 61.8 Å². The number of carbonyl (C=O) groups excluding carboxylic acids is 2. The van der Waals surface area contributed by atoms with E-state index in [4.69, 9.17) is 0 Å². The van der Waals surface area contributed by atoms with Gasteiger partial charge in [-0.25, -0.2) is 13.6 Å². The van der Waals surface area contributed by atoms with Crippen LogP contribution in [0.5, 0.6) is 0 Å². The largest absolute Gasteiger partial charge is 0.346 e. The zero-order valence-corrected chi connectivity index (χ0v) is 12.7. The van der Waals surface area contributed by atoms with Gasteiger partial charge in [-0.05, 0) is 43.7 Å². The molecule has 1 aliphatic carbocycles. The molecule has 1 N–H and O–H groups in total. The molecule has 3 amide bonds. The number of rotatable bonds is 2. The lowest BCUT2D eigenvalue weighted by Gasteiger charge is -2.33. The quantitative estimate of drug-likeness (QED) is 0.672. The second-order valence-corrected chi connectivity index (χ2v) is 6.22. The first-order valence-electron chi connectivity index (χ1n) is 7.57. The molecule has 2 aliphatic rings. The fourth-order valence-corrected chi connectivity index (χ4v) is 3.03. The molecule has 1 aliphatic heterocycles. The highest BCUT2D eigenvalue weighted by molar-refractivity contribution is 6.07. The second kappa shape index (κ2) is 5.72. The summed E-state index contributed by atoms with van der Waals surface area (Å²) in [5.74, 6) is -1.39. The number of urea groups is 1. The predicted molar refractivity (Wildman–Crippen MR) is 79.7 cm³/mol. The molecular formula is C16H17F2N3O2. The van der Waals surface area contributed by atoms with E-state index in [1.807, 2.05) is 0 Å². The molecule has 0 bridgehead atoms. The number of benzene rings is 1. The molecule has 122 valence electrons. The van der Waals surface area contributed by atoms with Gasteiger partial charge in [0.1, 0.15) is 17.2 Å². The van der Waals surface area contributed by atoms with Gasteiger partial charge in [-0.15, -0.1) is 5.01 Å². The third-order valence-corrected chi connectivity index (χ3v) is 4.54. The number of halogens is 2. The van der Waals surface area contributed by atoms with E-state index in [-0.39, 0.29) is 5.56 Å². The summed E-state index contributed by atoms with van der Waals surface area (Å²) >= 11 is 0. The summed E-state index contributed by atoms with van der Waals surface area (Å²) < 4.78 is 26.4. The maximum atomic E-state index is 13.6. The highest BCUT2D eigenvalue weighted by Crippen LogP contribution is 2.36. The van der Waals surface area contributed by atoms with E-state index in [1.165, 1.54) is 6.07 Å². The number of carbonyl (C=O) groups is 2. The average molecular weight is 321 g/mol. The molecule has 0 unspecified atom stereocenters. The summed E-state index contributed by atoms with van der Waals surface area (Å²) in [4.78, 5) is 24.6. The maximum Gasteiger partial charge on any atom is 0.346 e. The van der Waals surface area contributed by atoms with E-state index in [0.717, 1.165) is 36.2 Å². The molecule has 1 aromatic rings. The van der Waals surface area contributed by atoms with Crippen molar-refractivity contribution in [3.05, 3.63) is 35.4 Å². The third-order valence-electron chi connectivity index (χ3n) is 4.54. The van der Waals surface area contributed by atoms with Gasteiger partial charge in [0, 0.05) is 11.6 Å². The Hall–Kier alpha value is -2.31. The molecule has 0 aromatic heterocycles. The first-order chi connectivity index (χ1) is 10.9. The van der Waals surface area contributed by atoms with Crippen LogP contribution in [0.25, 0.3) is 0 Å². The highest BCUT2D eigenvalue weighted by Gasteiger charge is 2.52. The molecule has 0 radical (unpaired) electrons. The van der Waals surface area contributed by atoms with Gasteiger partial charge in [0.25, 0.3) is 5.91 Å². The number of hydrogen-bond acceptors (Lipinski definition) is 3. The fraction of sp³-hybridized carbons (Fsp3) is 0.438. The van der Waals surface area contributed by atoms with Crippen LogP contribution in [0.15, 0.2) is 23.3 Å². The number of imide groups is 1. The highest BCUT2D eigenvalue weighted by atomic mass is 19.1.